The first-order valence-electron chi connectivity index (χ1n) is 8.44. The highest BCUT2D eigenvalue weighted by atomic mass is 16.7. The average molecular weight is 293 g/mol. The van der Waals surface area contributed by atoms with Crippen LogP contribution in [0.3, 0.4) is 0 Å². The molecule has 4 rings (SSSR count). The molecule has 4 aliphatic rings. The Bertz CT molecular complexity index is 455. The summed E-state index contributed by atoms with van der Waals surface area (Å²) in [6.07, 6.45) is 6.63. The molecule has 0 N–H and O–H groups in total. The van der Waals surface area contributed by atoms with Crippen molar-refractivity contribution < 1.29 is 14.3 Å². The van der Waals surface area contributed by atoms with Gasteiger partial charge in [-0.1, -0.05) is 6.42 Å². The molecule has 0 radical (unpaired) electrons. The van der Waals surface area contributed by atoms with E-state index in [1.807, 2.05) is 20.8 Å². The summed E-state index contributed by atoms with van der Waals surface area (Å²) in [5.41, 5.74) is -0.0170. The molecule has 0 aromatic carbocycles. The predicted molar refractivity (Wildman–Crippen MR) is 78.6 cm³/mol. The van der Waals surface area contributed by atoms with Crippen LogP contribution >= 0.6 is 0 Å². The van der Waals surface area contributed by atoms with E-state index in [1.165, 1.54) is 32.1 Å². The van der Waals surface area contributed by atoms with Gasteiger partial charge >= 0.3 is 0 Å². The second kappa shape index (κ2) is 4.23. The van der Waals surface area contributed by atoms with E-state index in [9.17, 15) is 4.79 Å². The maximum absolute atomic E-state index is 13.0. The number of carbonyl (C=O) groups is 1. The van der Waals surface area contributed by atoms with Crippen molar-refractivity contribution in [3.05, 3.63) is 0 Å². The summed E-state index contributed by atoms with van der Waals surface area (Å²) < 4.78 is 11.5. The molecule has 4 heteroatoms. The van der Waals surface area contributed by atoms with E-state index < -0.39 is 11.2 Å². The quantitative estimate of drug-likeness (QED) is 0.785. The smallest absolute Gasteiger partial charge is 0.233 e. The minimum atomic E-state index is -0.556. The summed E-state index contributed by atoms with van der Waals surface area (Å²) in [5, 5.41) is 0. The minimum absolute atomic E-state index is 0.257. The Balaban J connectivity index is 1.48. The van der Waals surface area contributed by atoms with E-state index in [-0.39, 0.29) is 5.91 Å². The molecule has 21 heavy (non-hydrogen) atoms. The number of hydrogen-bond donors (Lipinski definition) is 0. The van der Waals surface area contributed by atoms with Gasteiger partial charge in [0.1, 0.15) is 0 Å². The van der Waals surface area contributed by atoms with Gasteiger partial charge in [0.15, 0.2) is 5.79 Å². The Morgan fingerprint density at radius 2 is 1.71 bits per heavy atom. The topological polar surface area (TPSA) is 38.8 Å². The van der Waals surface area contributed by atoms with Crippen molar-refractivity contribution >= 4 is 5.91 Å². The molecule has 118 valence electrons. The molecule has 4 fully saturated rings. The summed E-state index contributed by atoms with van der Waals surface area (Å²) in [5.74, 6) is 0.473. The van der Waals surface area contributed by atoms with Crippen LogP contribution in [0.2, 0.25) is 0 Å². The number of nitrogens with zero attached hydrogens (tertiary/aromatic N) is 1. The Kier molecular flexibility index (Phi) is 2.82. The summed E-state index contributed by atoms with van der Waals surface area (Å²) in [7, 11) is 0. The molecule has 2 saturated heterocycles. The maximum Gasteiger partial charge on any atom is 0.233 e. The third-order valence-corrected chi connectivity index (χ3v) is 6.12. The fraction of sp³-hybridized carbons (Fsp3) is 0.941. The van der Waals surface area contributed by atoms with E-state index in [0.717, 1.165) is 12.5 Å². The van der Waals surface area contributed by atoms with Gasteiger partial charge in [-0.2, -0.15) is 0 Å². The molecule has 1 amide bonds. The number of carbonyl (C=O) groups excluding carboxylic acids is 1. The van der Waals surface area contributed by atoms with Gasteiger partial charge in [0.2, 0.25) is 5.91 Å². The summed E-state index contributed by atoms with van der Waals surface area (Å²) in [6, 6.07) is 0.519. The van der Waals surface area contributed by atoms with Crippen molar-refractivity contribution in [2.75, 3.05) is 19.8 Å². The predicted octanol–water partition coefficient (Wildman–Crippen LogP) is 2.57. The zero-order chi connectivity index (χ0) is 14.9. The molecule has 2 heterocycles. The van der Waals surface area contributed by atoms with Gasteiger partial charge in [-0.05, 0) is 52.4 Å². The van der Waals surface area contributed by atoms with Crippen LogP contribution in [-0.2, 0) is 14.3 Å². The SMILES string of the molecule is CC1(C)OCC(C)(C(=O)N2CC3(CCC3)[C@@H]2C2CC2)CO1. The third kappa shape index (κ3) is 2.06. The Hall–Kier alpha value is -0.610. The third-order valence-electron chi connectivity index (χ3n) is 6.12. The van der Waals surface area contributed by atoms with Crippen LogP contribution in [0.25, 0.3) is 0 Å². The largest absolute Gasteiger partial charge is 0.349 e. The van der Waals surface area contributed by atoms with E-state index in [2.05, 4.69) is 4.90 Å². The van der Waals surface area contributed by atoms with Crippen molar-refractivity contribution in [3.63, 3.8) is 0 Å². The molecule has 2 aliphatic heterocycles. The van der Waals surface area contributed by atoms with Crippen molar-refractivity contribution in [1.29, 1.82) is 0 Å². The molecule has 4 nitrogen and oxygen atoms in total. The van der Waals surface area contributed by atoms with Gasteiger partial charge in [0.05, 0.1) is 18.6 Å². The molecule has 1 spiro atoms. The first-order valence-corrected chi connectivity index (χ1v) is 8.44. The van der Waals surface area contributed by atoms with Crippen LogP contribution in [0.15, 0.2) is 0 Å². The highest BCUT2D eigenvalue weighted by molar-refractivity contribution is 5.84. The average Bonchev–Trinajstić information content (AvgIpc) is 3.14. The molecular formula is C17H27NO3. The van der Waals surface area contributed by atoms with Gasteiger partial charge in [-0.15, -0.1) is 0 Å². The van der Waals surface area contributed by atoms with Gasteiger partial charge < -0.3 is 14.4 Å². The van der Waals surface area contributed by atoms with Crippen LogP contribution in [0.5, 0.6) is 0 Å². The maximum atomic E-state index is 13.0. The van der Waals surface area contributed by atoms with Crippen LogP contribution in [-0.4, -0.2) is 42.4 Å². The lowest BCUT2D eigenvalue weighted by Crippen LogP contribution is -2.72. The van der Waals surface area contributed by atoms with Crippen molar-refractivity contribution in [3.8, 4) is 0 Å². The van der Waals surface area contributed by atoms with Gasteiger partial charge in [0, 0.05) is 18.0 Å². The van der Waals surface area contributed by atoms with Gasteiger partial charge in [0.25, 0.3) is 0 Å². The normalized spacial score (nSPS) is 36.0. The lowest BCUT2D eigenvalue weighted by Gasteiger charge is -2.64. The lowest BCUT2D eigenvalue weighted by molar-refractivity contribution is -0.282. The highest BCUT2D eigenvalue weighted by Gasteiger charge is 2.63. The zero-order valence-corrected chi connectivity index (χ0v) is 13.5. The van der Waals surface area contributed by atoms with Crippen LogP contribution in [0.4, 0.5) is 0 Å². The van der Waals surface area contributed by atoms with Crippen LogP contribution in [0.1, 0.15) is 52.9 Å². The molecule has 0 aromatic rings. The number of hydrogen-bond acceptors (Lipinski definition) is 3. The van der Waals surface area contributed by atoms with Crippen LogP contribution in [0, 0.1) is 16.7 Å². The van der Waals surface area contributed by atoms with E-state index >= 15 is 0 Å². The molecule has 2 aliphatic carbocycles. The Labute approximate surface area is 127 Å². The Morgan fingerprint density at radius 1 is 1.10 bits per heavy atom. The minimum Gasteiger partial charge on any atom is -0.349 e. The van der Waals surface area contributed by atoms with E-state index in [0.29, 0.717) is 24.7 Å². The summed E-state index contributed by atoms with van der Waals surface area (Å²) in [4.78, 5) is 15.2. The highest BCUT2D eigenvalue weighted by Crippen LogP contribution is 2.60. The zero-order valence-electron chi connectivity index (χ0n) is 13.5. The fourth-order valence-electron chi connectivity index (χ4n) is 4.42. The van der Waals surface area contributed by atoms with E-state index in [1.54, 1.807) is 0 Å². The van der Waals surface area contributed by atoms with Gasteiger partial charge in [-0.3, -0.25) is 4.79 Å². The first-order chi connectivity index (χ1) is 9.85. The second-order valence-corrected chi connectivity index (χ2v) is 8.47. The van der Waals surface area contributed by atoms with Crippen LogP contribution < -0.4 is 0 Å². The van der Waals surface area contributed by atoms with E-state index in [4.69, 9.17) is 9.47 Å². The van der Waals surface area contributed by atoms with Gasteiger partial charge in [-0.25, -0.2) is 0 Å². The standard InChI is InChI=1S/C17H27NO3/c1-15(2)20-10-16(3,11-21-15)14(19)18-9-17(7-4-8-17)13(18)12-5-6-12/h12-13H,4-11H2,1-3H3/t13-/m0/s1. The molecular weight excluding hydrogens is 266 g/mol. The monoisotopic (exact) mass is 293 g/mol. The molecule has 0 bridgehead atoms. The Morgan fingerprint density at radius 3 is 2.19 bits per heavy atom. The number of likely N-dealkylation sites (tertiary alicyclic amines) is 1. The summed E-state index contributed by atoms with van der Waals surface area (Å²) in [6.45, 7) is 7.75. The fourth-order valence-corrected chi connectivity index (χ4v) is 4.42. The molecule has 2 saturated carbocycles. The first kappa shape index (κ1) is 14.0. The number of ether oxygens (including phenoxy) is 2. The molecule has 1 atom stereocenters. The lowest BCUT2D eigenvalue weighted by atomic mass is 9.56. The van der Waals surface area contributed by atoms with Crippen molar-refractivity contribution in [1.82, 2.24) is 4.90 Å². The molecule has 0 unspecified atom stereocenters. The number of amides is 1. The number of rotatable bonds is 2. The van der Waals surface area contributed by atoms with Crippen molar-refractivity contribution in [2.45, 2.75) is 64.7 Å². The summed E-state index contributed by atoms with van der Waals surface area (Å²) >= 11 is 0. The van der Waals surface area contributed by atoms with Crippen molar-refractivity contribution in [2.24, 2.45) is 16.7 Å². The second-order valence-electron chi connectivity index (χ2n) is 8.47. The molecule has 0 aromatic heterocycles.